The minimum atomic E-state index is -0.365. The molecule has 1 aliphatic rings. The molecule has 1 heterocycles. The van der Waals surface area contributed by atoms with E-state index in [4.69, 9.17) is 24.3 Å². The summed E-state index contributed by atoms with van der Waals surface area (Å²) in [4.78, 5) is 16.1. The zero-order valence-corrected chi connectivity index (χ0v) is 32.0. The van der Waals surface area contributed by atoms with Crippen LogP contribution in [0.25, 0.3) is 10.2 Å². The maximum atomic E-state index is 11.1. The van der Waals surface area contributed by atoms with Crippen molar-refractivity contribution in [3.8, 4) is 11.5 Å². The number of rotatable bonds is 22. The van der Waals surface area contributed by atoms with Crippen LogP contribution >= 0.6 is 24.0 Å². The van der Waals surface area contributed by atoms with Crippen LogP contribution in [0.5, 0.6) is 11.5 Å². The van der Waals surface area contributed by atoms with Crippen LogP contribution in [0.2, 0.25) is 0 Å². The highest BCUT2D eigenvalue weighted by Crippen LogP contribution is 2.38. The van der Waals surface area contributed by atoms with Gasteiger partial charge < -0.3 is 14.2 Å². The van der Waals surface area contributed by atoms with E-state index in [1.807, 2.05) is 24.4 Å². The fourth-order valence-electron chi connectivity index (χ4n) is 6.42. The molecule has 0 bridgehead atoms. The van der Waals surface area contributed by atoms with Crippen LogP contribution in [0.1, 0.15) is 93.2 Å². The average molecular weight is 740 g/mol. The standard InChI is InChI=1S/C43H53N3O4S2/c1-3-33-16-20-35(21-17-33)36-22-25-40(50-32-34-18-23-38(24-19-34)48-27-11-5-6-12-28-49-42(47)4-2)37(30-36)31-44-46(26-10-7-13-29-51)43-45-39-14-8-9-15-41(39)52-43/h3-4,8-9,14-15,18-19,22-25,30-31,33,35,51H,1-2,5-7,10-13,16-17,20-21,26-29,32H2/b44-31+. The van der Waals surface area contributed by atoms with Gasteiger partial charge in [-0.05, 0) is 129 Å². The van der Waals surface area contributed by atoms with Crippen molar-refractivity contribution in [2.24, 2.45) is 11.0 Å². The number of unbranched alkanes of at least 4 members (excludes halogenated alkanes) is 5. The number of allylic oxidation sites excluding steroid dienone is 1. The van der Waals surface area contributed by atoms with Gasteiger partial charge in [-0.15, -0.1) is 6.58 Å². The van der Waals surface area contributed by atoms with Crippen molar-refractivity contribution in [3.05, 3.63) is 109 Å². The number of hydrogen-bond donors (Lipinski definition) is 1. The second-order valence-electron chi connectivity index (χ2n) is 13.3. The third-order valence-electron chi connectivity index (χ3n) is 9.51. The van der Waals surface area contributed by atoms with E-state index in [1.165, 1.54) is 24.5 Å². The molecule has 7 nitrogen and oxygen atoms in total. The number of thiol groups is 1. The Morgan fingerprint density at radius 3 is 2.42 bits per heavy atom. The second kappa shape index (κ2) is 21.4. The number of esters is 1. The zero-order valence-electron chi connectivity index (χ0n) is 30.3. The van der Waals surface area contributed by atoms with E-state index < -0.39 is 0 Å². The summed E-state index contributed by atoms with van der Waals surface area (Å²) in [5, 5.41) is 8.02. The lowest BCUT2D eigenvalue weighted by molar-refractivity contribution is -0.137. The number of para-hydroxylation sites is 1. The number of hydrogen-bond acceptors (Lipinski definition) is 9. The maximum Gasteiger partial charge on any atom is 0.330 e. The highest BCUT2D eigenvalue weighted by Gasteiger charge is 2.22. The van der Waals surface area contributed by atoms with E-state index in [-0.39, 0.29) is 5.97 Å². The summed E-state index contributed by atoms with van der Waals surface area (Å²) >= 11 is 6.08. The van der Waals surface area contributed by atoms with Crippen molar-refractivity contribution >= 4 is 51.5 Å². The van der Waals surface area contributed by atoms with Crippen molar-refractivity contribution in [2.75, 3.05) is 30.5 Å². The smallest absolute Gasteiger partial charge is 0.330 e. The number of anilines is 1. The Balaban J connectivity index is 1.24. The minimum Gasteiger partial charge on any atom is -0.494 e. The van der Waals surface area contributed by atoms with Crippen LogP contribution in [-0.4, -0.2) is 42.7 Å². The van der Waals surface area contributed by atoms with E-state index in [1.54, 1.807) is 11.3 Å². The molecule has 0 amide bonds. The van der Waals surface area contributed by atoms with Crippen LogP contribution in [0.3, 0.4) is 0 Å². The number of benzene rings is 3. The van der Waals surface area contributed by atoms with Crippen molar-refractivity contribution in [2.45, 2.75) is 83.2 Å². The first-order valence-electron chi connectivity index (χ1n) is 18.7. The molecule has 5 rings (SSSR count). The van der Waals surface area contributed by atoms with Gasteiger partial charge in [-0.2, -0.15) is 17.7 Å². The number of carbonyl (C=O) groups is 1. The van der Waals surface area contributed by atoms with Gasteiger partial charge in [0.25, 0.3) is 0 Å². The van der Waals surface area contributed by atoms with E-state index in [2.05, 4.69) is 85.4 Å². The minimum absolute atomic E-state index is 0.365. The molecule has 1 aromatic heterocycles. The first-order valence-corrected chi connectivity index (χ1v) is 20.2. The van der Waals surface area contributed by atoms with Crippen LogP contribution in [-0.2, 0) is 16.1 Å². The van der Waals surface area contributed by atoms with Gasteiger partial charge in [0, 0.05) is 18.2 Å². The van der Waals surface area contributed by atoms with Crippen molar-refractivity contribution < 1.29 is 19.0 Å². The van der Waals surface area contributed by atoms with Crippen LogP contribution in [0.4, 0.5) is 5.13 Å². The molecule has 0 aliphatic heterocycles. The molecule has 3 aromatic carbocycles. The van der Waals surface area contributed by atoms with Gasteiger partial charge in [0.15, 0.2) is 0 Å². The summed E-state index contributed by atoms with van der Waals surface area (Å²) in [5.74, 6) is 3.32. The number of fused-ring (bicyclic) bond motifs is 1. The van der Waals surface area contributed by atoms with Gasteiger partial charge in [0.05, 0.1) is 29.6 Å². The van der Waals surface area contributed by atoms with E-state index in [9.17, 15) is 4.79 Å². The highest BCUT2D eigenvalue weighted by molar-refractivity contribution is 7.80. The Kier molecular flexibility index (Phi) is 16.1. The first-order chi connectivity index (χ1) is 25.6. The fraction of sp³-hybridized carbons (Fsp3) is 0.419. The molecule has 0 atom stereocenters. The summed E-state index contributed by atoms with van der Waals surface area (Å²) < 4.78 is 18.6. The van der Waals surface area contributed by atoms with Crippen LogP contribution in [0, 0.1) is 5.92 Å². The topological polar surface area (TPSA) is 73.2 Å². The highest BCUT2D eigenvalue weighted by atomic mass is 32.1. The van der Waals surface area contributed by atoms with Gasteiger partial charge in [-0.3, -0.25) is 0 Å². The average Bonchev–Trinajstić information content (AvgIpc) is 3.62. The molecule has 1 aliphatic carbocycles. The first kappa shape index (κ1) is 39.1. The molecule has 0 radical (unpaired) electrons. The Morgan fingerprint density at radius 1 is 0.904 bits per heavy atom. The second-order valence-corrected chi connectivity index (χ2v) is 14.8. The number of ether oxygens (including phenoxy) is 3. The van der Waals surface area contributed by atoms with E-state index >= 15 is 0 Å². The SMILES string of the molecule is C=CC(=O)OCCCCCCOc1ccc(COc2ccc(C3CCC(C=C)CC3)cc2/C=N/N(CCCCCS)c2nc3ccccc3s2)cc1. The van der Waals surface area contributed by atoms with Gasteiger partial charge >= 0.3 is 5.97 Å². The Labute approximate surface area is 319 Å². The Bertz CT molecular complexity index is 1700. The molecule has 0 unspecified atom stereocenters. The lowest BCUT2D eigenvalue weighted by atomic mass is 9.78. The van der Waals surface area contributed by atoms with Crippen molar-refractivity contribution in [1.29, 1.82) is 0 Å². The van der Waals surface area contributed by atoms with Gasteiger partial charge in [0.1, 0.15) is 18.1 Å². The molecule has 0 saturated heterocycles. The van der Waals surface area contributed by atoms with Crippen LogP contribution in [0.15, 0.2) is 97.1 Å². The molecular formula is C43H53N3O4S2. The van der Waals surface area contributed by atoms with E-state index in [0.29, 0.717) is 31.7 Å². The monoisotopic (exact) mass is 739 g/mol. The van der Waals surface area contributed by atoms with Crippen molar-refractivity contribution in [1.82, 2.24) is 4.98 Å². The number of carbonyl (C=O) groups excluding carboxylic acids is 1. The fourth-order valence-corrected chi connectivity index (χ4v) is 7.59. The predicted octanol–water partition coefficient (Wildman–Crippen LogP) is 10.9. The Morgan fingerprint density at radius 2 is 1.67 bits per heavy atom. The summed E-state index contributed by atoms with van der Waals surface area (Å²) in [6.45, 7) is 9.75. The molecule has 276 valence electrons. The summed E-state index contributed by atoms with van der Waals surface area (Å²) in [7, 11) is 0. The Hall–Kier alpha value is -4.08. The quantitative estimate of drug-likeness (QED) is 0.0165. The number of nitrogens with zero attached hydrogens (tertiary/aromatic N) is 3. The molecule has 1 saturated carbocycles. The summed E-state index contributed by atoms with van der Waals surface area (Å²) in [6.07, 6.45) is 17.0. The van der Waals surface area contributed by atoms with E-state index in [0.717, 1.165) is 108 Å². The van der Waals surface area contributed by atoms with Gasteiger partial charge in [-0.1, -0.05) is 60.7 Å². The molecular weight excluding hydrogens is 687 g/mol. The van der Waals surface area contributed by atoms with Crippen molar-refractivity contribution in [3.63, 3.8) is 0 Å². The normalized spacial score (nSPS) is 15.8. The third-order valence-corrected chi connectivity index (χ3v) is 10.9. The maximum absolute atomic E-state index is 11.1. The molecule has 52 heavy (non-hydrogen) atoms. The lowest BCUT2D eigenvalue weighted by Crippen LogP contribution is -2.18. The largest absolute Gasteiger partial charge is 0.494 e. The molecule has 0 spiro atoms. The van der Waals surface area contributed by atoms with Gasteiger partial charge in [-0.25, -0.2) is 14.8 Å². The predicted molar refractivity (Wildman–Crippen MR) is 219 cm³/mol. The molecule has 9 heteroatoms. The zero-order chi connectivity index (χ0) is 36.4. The molecule has 1 fully saturated rings. The number of thiazole rings is 1. The summed E-state index contributed by atoms with van der Waals surface area (Å²) in [6, 6.07) is 23.0. The number of aromatic nitrogens is 1. The number of hydrazone groups is 1. The summed E-state index contributed by atoms with van der Waals surface area (Å²) in [5.41, 5.74) is 4.38. The molecule has 0 N–H and O–H groups in total. The molecule has 4 aromatic rings. The van der Waals surface area contributed by atoms with Gasteiger partial charge in [0.2, 0.25) is 5.13 Å². The third kappa shape index (κ3) is 12.3. The lowest BCUT2D eigenvalue weighted by Gasteiger charge is -2.27. The van der Waals surface area contributed by atoms with Crippen LogP contribution < -0.4 is 14.5 Å².